The smallest absolute Gasteiger partial charge is 0.155 e. The van der Waals surface area contributed by atoms with Crippen molar-refractivity contribution in [2.75, 3.05) is 6.54 Å². The molecule has 0 spiro atoms. The van der Waals surface area contributed by atoms with Crippen molar-refractivity contribution in [2.24, 2.45) is 5.41 Å². The van der Waals surface area contributed by atoms with Gasteiger partial charge in [0.05, 0.1) is 6.04 Å². The van der Waals surface area contributed by atoms with Gasteiger partial charge in [0.25, 0.3) is 0 Å². The zero-order valence-electron chi connectivity index (χ0n) is 8.11. The molecule has 0 radical (unpaired) electrons. The van der Waals surface area contributed by atoms with E-state index in [1.54, 1.807) is 0 Å². The Labute approximate surface area is 74.0 Å². The van der Waals surface area contributed by atoms with E-state index in [0.717, 1.165) is 18.5 Å². The lowest BCUT2D eigenvalue weighted by Gasteiger charge is -2.20. The lowest BCUT2D eigenvalue weighted by Crippen LogP contribution is -2.38. The lowest BCUT2D eigenvalue weighted by atomic mass is 9.86. The summed E-state index contributed by atoms with van der Waals surface area (Å²) in [5, 5.41) is 3.16. The van der Waals surface area contributed by atoms with Gasteiger partial charge in [-0.2, -0.15) is 0 Å². The summed E-state index contributed by atoms with van der Waals surface area (Å²) in [5.74, 6) is 0.293. The van der Waals surface area contributed by atoms with Crippen molar-refractivity contribution in [1.29, 1.82) is 0 Å². The molecule has 2 nitrogen and oxygen atoms in total. The highest BCUT2D eigenvalue weighted by molar-refractivity contribution is 5.89. The summed E-state index contributed by atoms with van der Waals surface area (Å²) in [6.45, 7) is 10.5. The first-order valence-electron chi connectivity index (χ1n) is 4.35. The van der Waals surface area contributed by atoms with Crippen LogP contribution in [0.25, 0.3) is 0 Å². The molecule has 0 aromatic rings. The van der Waals surface area contributed by atoms with Crippen LogP contribution in [0.2, 0.25) is 0 Å². The Morgan fingerprint density at radius 1 is 1.58 bits per heavy atom. The predicted octanol–water partition coefficient (Wildman–Crippen LogP) is 1.52. The van der Waals surface area contributed by atoms with Crippen molar-refractivity contribution in [2.45, 2.75) is 33.2 Å². The number of ketones is 1. The number of carbonyl (C=O) groups is 1. The third-order valence-electron chi connectivity index (χ3n) is 2.15. The van der Waals surface area contributed by atoms with Crippen LogP contribution in [-0.4, -0.2) is 18.4 Å². The van der Waals surface area contributed by atoms with Gasteiger partial charge in [0.2, 0.25) is 0 Å². The molecule has 68 valence electrons. The third kappa shape index (κ3) is 1.95. The van der Waals surface area contributed by atoms with Gasteiger partial charge >= 0.3 is 0 Å². The van der Waals surface area contributed by atoms with Gasteiger partial charge in [-0.25, -0.2) is 0 Å². The number of hydrogen-bond donors (Lipinski definition) is 1. The Bertz CT molecular complexity index is 212. The second-order valence-electron chi connectivity index (χ2n) is 4.50. The molecule has 1 fully saturated rings. The molecule has 1 rings (SSSR count). The van der Waals surface area contributed by atoms with Crippen LogP contribution in [-0.2, 0) is 4.79 Å². The summed E-state index contributed by atoms with van der Waals surface area (Å²) < 4.78 is 0. The standard InChI is InChI=1S/C10H17NO/c1-7-5-8(11-6-7)9(12)10(2,3)4/h8,11H,1,5-6H2,2-4H3/t8-/m1/s1. The van der Waals surface area contributed by atoms with Gasteiger partial charge in [0.15, 0.2) is 5.78 Å². The SMILES string of the molecule is C=C1CN[C@@H](C(=O)C(C)(C)C)C1. The minimum atomic E-state index is -0.234. The van der Waals surface area contributed by atoms with E-state index >= 15 is 0 Å². The highest BCUT2D eigenvalue weighted by Gasteiger charge is 2.32. The van der Waals surface area contributed by atoms with E-state index in [1.165, 1.54) is 0 Å². The number of Topliss-reactive ketones (excluding diaryl/α,β-unsaturated/α-hetero) is 1. The molecular weight excluding hydrogens is 150 g/mol. The average molecular weight is 167 g/mol. The summed E-state index contributed by atoms with van der Waals surface area (Å²) >= 11 is 0. The van der Waals surface area contributed by atoms with Crippen LogP contribution in [0, 0.1) is 5.41 Å². The Hall–Kier alpha value is -0.630. The van der Waals surface area contributed by atoms with Crippen molar-refractivity contribution in [3.8, 4) is 0 Å². The molecule has 1 heterocycles. The molecule has 1 aliphatic rings. The summed E-state index contributed by atoms with van der Waals surface area (Å²) in [5.41, 5.74) is 0.903. The molecule has 0 saturated carbocycles. The molecule has 1 N–H and O–H groups in total. The molecule has 1 saturated heterocycles. The van der Waals surface area contributed by atoms with Crippen molar-refractivity contribution in [3.63, 3.8) is 0 Å². The van der Waals surface area contributed by atoms with Crippen LogP contribution in [0.5, 0.6) is 0 Å². The maximum absolute atomic E-state index is 11.7. The summed E-state index contributed by atoms with van der Waals surface area (Å²) in [7, 11) is 0. The predicted molar refractivity (Wildman–Crippen MR) is 50.0 cm³/mol. The van der Waals surface area contributed by atoms with Crippen LogP contribution < -0.4 is 5.32 Å². The minimum absolute atomic E-state index is 0.0116. The minimum Gasteiger partial charge on any atom is -0.303 e. The van der Waals surface area contributed by atoms with Crippen LogP contribution in [0.1, 0.15) is 27.2 Å². The van der Waals surface area contributed by atoms with Gasteiger partial charge in [-0.3, -0.25) is 4.79 Å². The number of hydrogen-bond acceptors (Lipinski definition) is 2. The molecule has 0 aliphatic carbocycles. The highest BCUT2D eigenvalue weighted by Crippen LogP contribution is 2.22. The Balaban J connectivity index is 2.61. The maximum Gasteiger partial charge on any atom is 0.155 e. The molecule has 0 bridgehead atoms. The zero-order valence-corrected chi connectivity index (χ0v) is 8.11. The average Bonchev–Trinajstić information content (AvgIpc) is 2.32. The first-order valence-corrected chi connectivity index (χ1v) is 4.35. The number of rotatable bonds is 1. The van der Waals surface area contributed by atoms with Gasteiger partial charge in [-0.1, -0.05) is 32.9 Å². The summed E-state index contributed by atoms with van der Waals surface area (Å²) in [4.78, 5) is 11.7. The molecule has 0 unspecified atom stereocenters. The molecule has 0 aromatic carbocycles. The van der Waals surface area contributed by atoms with Crippen molar-refractivity contribution >= 4 is 5.78 Å². The van der Waals surface area contributed by atoms with Crippen molar-refractivity contribution in [1.82, 2.24) is 5.32 Å². The molecule has 0 amide bonds. The third-order valence-corrected chi connectivity index (χ3v) is 2.15. The molecule has 12 heavy (non-hydrogen) atoms. The van der Waals surface area contributed by atoms with E-state index in [0.29, 0.717) is 5.78 Å². The van der Waals surface area contributed by atoms with E-state index in [1.807, 2.05) is 20.8 Å². The summed E-state index contributed by atoms with van der Waals surface area (Å²) in [6, 6.07) is 0.0116. The first-order chi connectivity index (χ1) is 5.41. The Morgan fingerprint density at radius 3 is 2.50 bits per heavy atom. The molecule has 1 atom stereocenters. The van der Waals surface area contributed by atoms with E-state index in [-0.39, 0.29) is 11.5 Å². The largest absolute Gasteiger partial charge is 0.303 e. The maximum atomic E-state index is 11.7. The molecule has 0 aromatic heterocycles. The van der Waals surface area contributed by atoms with Crippen LogP contribution in [0.15, 0.2) is 12.2 Å². The number of carbonyl (C=O) groups excluding carboxylic acids is 1. The fraction of sp³-hybridized carbons (Fsp3) is 0.700. The van der Waals surface area contributed by atoms with Gasteiger partial charge in [-0.05, 0) is 6.42 Å². The van der Waals surface area contributed by atoms with Gasteiger partial charge < -0.3 is 5.32 Å². The topological polar surface area (TPSA) is 29.1 Å². The van der Waals surface area contributed by atoms with Gasteiger partial charge in [0, 0.05) is 12.0 Å². The number of nitrogens with one attached hydrogen (secondary N) is 1. The van der Waals surface area contributed by atoms with E-state index in [9.17, 15) is 4.79 Å². The second-order valence-corrected chi connectivity index (χ2v) is 4.50. The fourth-order valence-corrected chi connectivity index (χ4v) is 1.41. The molecule has 1 aliphatic heterocycles. The quantitative estimate of drug-likeness (QED) is 0.600. The summed E-state index contributed by atoms with van der Waals surface area (Å²) in [6.07, 6.45) is 0.816. The Morgan fingerprint density at radius 2 is 2.17 bits per heavy atom. The second kappa shape index (κ2) is 3.02. The van der Waals surface area contributed by atoms with Crippen LogP contribution in [0.3, 0.4) is 0 Å². The molecular formula is C10H17NO. The lowest BCUT2D eigenvalue weighted by molar-refractivity contribution is -0.128. The Kier molecular flexibility index (Phi) is 2.38. The normalized spacial score (nSPS) is 24.6. The van der Waals surface area contributed by atoms with E-state index in [2.05, 4.69) is 11.9 Å². The van der Waals surface area contributed by atoms with Crippen molar-refractivity contribution in [3.05, 3.63) is 12.2 Å². The van der Waals surface area contributed by atoms with Crippen LogP contribution in [0.4, 0.5) is 0 Å². The highest BCUT2D eigenvalue weighted by atomic mass is 16.1. The fourth-order valence-electron chi connectivity index (χ4n) is 1.41. The van der Waals surface area contributed by atoms with Crippen LogP contribution >= 0.6 is 0 Å². The van der Waals surface area contributed by atoms with Gasteiger partial charge in [0.1, 0.15) is 0 Å². The van der Waals surface area contributed by atoms with E-state index < -0.39 is 0 Å². The van der Waals surface area contributed by atoms with Crippen molar-refractivity contribution < 1.29 is 4.79 Å². The van der Waals surface area contributed by atoms with Gasteiger partial charge in [-0.15, -0.1) is 0 Å². The molecule has 2 heteroatoms. The first kappa shape index (κ1) is 9.46. The zero-order chi connectivity index (χ0) is 9.35. The van der Waals surface area contributed by atoms with E-state index in [4.69, 9.17) is 0 Å². The monoisotopic (exact) mass is 167 g/mol.